The highest BCUT2D eigenvalue weighted by molar-refractivity contribution is 5.10. The second kappa shape index (κ2) is 5.11. The second-order valence-corrected chi connectivity index (χ2v) is 8.06. The van der Waals surface area contributed by atoms with Gasteiger partial charge in [0.15, 0.2) is 6.29 Å². The van der Waals surface area contributed by atoms with Crippen LogP contribution in [-0.4, -0.2) is 23.5 Å². The van der Waals surface area contributed by atoms with E-state index in [-0.39, 0.29) is 17.6 Å². The predicted octanol–water partition coefficient (Wildman–Crippen LogP) is 2.69. The fourth-order valence-corrected chi connectivity index (χ4v) is 4.97. The van der Waals surface area contributed by atoms with Crippen molar-refractivity contribution in [1.82, 2.24) is 0 Å². The van der Waals surface area contributed by atoms with Gasteiger partial charge in [0.05, 0.1) is 6.10 Å². The van der Waals surface area contributed by atoms with Gasteiger partial charge in [-0.05, 0) is 48.9 Å². The molecule has 0 spiro atoms. The lowest BCUT2D eigenvalue weighted by Crippen LogP contribution is -2.50. The fraction of sp³-hybridized carbons (Fsp3) is 0.882. The summed E-state index contributed by atoms with van der Waals surface area (Å²) in [7, 11) is 0. The molecule has 0 radical (unpaired) electrons. The van der Waals surface area contributed by atoms with Crippen molar-refractivity contribution >= 4 is 0 Å². The van der Waals surface area contributed by atoms with Gasteiger partial charge in [-0.25, -0.2) is 0 Å². The second-order valence-electron chi connectivity index (χ2n) is 8.06. The Bertz CT molecular complexity index is 392. The molecule has 0 amide bonds. The van der Waals surface area contributed by atoms with Gasteiger partial charge in [-0.2, -0.15) is 0 Å². The van der Waals surface area contributed by atoms with E-state index in [9.17, 15) is 5.11 Å². The molecule has 2 fully saturated rings. The third-order valence-electron chi connectivity index (χ3n) is 5.73. The molecule has 2 saturated carbocycles. The third-order valence-corrected chi connectivity index (χ3v) is 5.73. The van der Waals surface area contributed by atoms with Crippen LogP contribution in [0.25, 0.3) is 0 Å². The first-order chi connectivity index (χ1) is 9.37. The standard InChI is InChI=1S/C17H29NO2/c1-10-6-13(18)9-17(2,3)15(10)20-16(19)14-8-11-4-5-12(14)7-11/h4-5,10-16,19H,6-9,18H2,1-3H3. The quantitative estimate of drug-likeness (QED) is 0.617. The van der Waals surface area contributed by atoms with Crippen LogP contribution in [0.5, 0.6) is 0 Å². The van der Waals surface area contributed by atoms with Gasteiger partial charge in [0.25, 0.3) is 0 Å². The summed E-state index contributed by atoms with van der Waals surface area (Å²) in [6.45, 7) is 6.65. The van der Waals surface area contributed by atoms with Crippen molar-refractivity contribution < 1.29 is 9.84 Å². The van der Waals surface area contributed by atoms with Crippen molar-refractivity contribution in [2.24, 2.45) is 34.8 Å². The average Bonchev–Trinajstić information content (AvgIpc) is 2.94. The lowest BCUT2D eigenvalue weighted by Gasteiger charge is -2.46. The highest BCUT2D eigenvalue weighted by Gasteiger charge is 2.45. The van der Waals surface area contributed by atoms with Crippen molar-refractivity contribution in [3.8, 4) is 0 Å². The first kappa shape index (κ1) is 14.6. The minimum atomic E-state index is -0.615. The van der Waals surface area contributed by atoms with E-state index >= 15 is 0 Å². The lowest BCUT2D eigenvalue weighted by molar-refractivity contribution is -0.217. The van der Waals surface area contributed by atoms with Crippen LogP contribution in [0.3, 0.4) is 0 Å². The van der Waals surface area contributed by atoms with Gasteiger partial charge in [-0.15, -0.1) is 0 Å². The Labute approximate surface area is 122 Å². The molecule has 20 heavy (non-hydrogen) atoms. The molecule has 0 heterocycles. The maximum absolute atomic E-state index is 10.6. The first-order valence-electron chi connectivity index (χ1n) is 8.14. The molecule has 3 aliphatic carbocycles. The van der Waals surface area contributed by atoms with E-state index in [1.54, 1.807) is 0 Å². The van der Waals surface area contributed by atoms with Crippen LogP contribution < -0.4 is 5.73 Å². The molecule has 114 valence electrons. The summed E-state index contributed by atoms with van der Waals surface area (Å²) < 4.78 is 6.17. The summed E-state index contributed by atoms with van der Waals surface area (Å²) in [6, 6.07) is 0.266. The SMILES string of the molecule is CC1CC(N)CC(C)(C)C1OC(O)C1CC2C=CC1C2. The van der Waals surface area contributed by atoms with Crippen molar-refractivity contribution in [2.75, 3.05) is 0 Å². The van der Waals surface area contributed by atoms with Crippen LogP contribution in [0.1, 0.15) is 46.5 Å². The average molecular weight is 279 g/mol. The van der Waals surface area contributed by atoms with Gasteiger partial charge in [-0.1, -0.05) is 32.9 Å². The number of aliphatic hydroxyl groups is 1. The zero-order valence-corrected chi connectivity index (χ0v) is 13.0. The van der Waals surface area contributed by atoms with Gasteiger partial charge in [0.1, 0.15) is 0 Å². The third kappa shape index (κ3) is 2.56. The van der Waals surface area contributed by atoms with Crippen molar-refractivity contribution in [1.29, 1.82) is 0 Å². The minimum absolute atomic E-state index is 0.0471. The molecule has 0 aromatic carbocycles. The highest BCUT2D eigenvalue weighted by Crippen LogP contribution is 2.47. The van der Waals surface area contributed by atoms with Gasteiger partial charge >= 0.3 is 0 Å². The van der Waals surface area contributed by atoms with Gasteiger partial charge in [0.2, 0.25) is 0 Å². The molecule has 0 saturated heterocycles. The first-order valence-corrected chi connectivity index (χ1v) is 8.14. The van der Waals surface area contributed by atoms with E-state index < -0.39 is 6.29 Å². The number of aliphatic hydroxyl groups excluding tert-OH is 1. The number of hydrogen-bond donors (Lipinski definition) is 2. The van der Waals surface area contributed by atoms with Crippen LogP contribution in [0.2, 0.25) is 0 Å². The summed E-state index contributed by atoms with van der Waals surface area (Å²) in [6.07, 6.45) is 8.35. The molecule has 3 aliphatic rings. The van der Waals surface area contributed by atoms with Crippen LogP contribution in [0, 0.1) is 29.1 Å². The Morgan fingerprint density at radius 1 is 1.25 bits per heavy atom. The largest absolute Gasteiger partial charge is 0.368 e. The van der Waals surface area contributed by atoms with E-state index in [4.69, 9.17) is 10.5 Å². The molecule has 7 unspecified atom stereocenters. The molecular weight excluding hydrogens is 250 g/mol. The normalized spacial score (nSPS) is 47.6. The fourth-order valence-electron chi connectivity index (χ4n) is 4.97. The van der Waals surface area contributed by atoms with E-state index in [1.807, 2.05) is 0 Å². The molecule has 0 aliphatic heterocycles. The number of nitrogens with two attached hydrogens (primary N) is 1. The predicted molar refractivity (Wildman–Crippen MR) is 79.9 cm³/mol. The van der Waals surface area contributed by atoms with Crippen molar-refractivity contribution in [2.45, 2.75) is 64.9 Å². The minimum Gasteiger partial charge on any atom is -0.368 e. The topological polar surface area (TPSA) is 55.5 Å². The Morgan fingerprint density at radius 2 is 2.00 bits per heavy atom. The summed E-state index contributed by atoms with van der Waals surface area (Å²) in [5, 5.41) is 10.6. The molecule has 2 bridgehead atoms. The molecule has 3 N–H and O–H groups in total. The molecule has 0 aromatic rings. The van der Waals surface area contributed by atoms with E-state index in [1.165, 1.54) is 6.42 Å². The number of allylic oxidation sites excluding steroid dienone is 2. The molecular formula is C17H29NO2. The zero-order chi connectivity index (χ0) is 14.5. The summed E-state index contributed by atoms with van der Waals surface area (Å²) in [5.74, 6) is 1.91. The Morgan fingerprint density at radius 3 is 2.55 bits per heavy atom. The zero-order valence-electron chi connectivity index (χ0n) is 13.0. The summed E-state index contributed by atoms with van der Waals surface area (Å²) in [5.41, 5.74) is 6.19. The maximum Gasteiger partial charge on any atom is 0.158 e. The number of fused-ring (bicyclic) bond motifs is 2. The molecule has 7 atom stereocenters. The van der Waals surface area contributed by atoms with Gasteiger partial charge in [-0.3, -0.25) is 0 Å². The number of hydrogen-bond acceptors (Lipinski definition) is 3. The van der Waals surface area contributed by atoms with Crippen LogP contribution in [0.4, 0.5) is 0 Å². The number of rotatable bonds is 3. The van der Waals surface area contributed by atoms with Gasteiger partial charge in [0, 0.05) is 12.0 Å². The van der Waals surface area contributed by atoms with Crippen LogP contribution in [-0.2, 0) is 4.74 Å². The maximum atomic E-state index is 10.6. The Kier molecular flexibility index (Phi) is 3.72. The highest BCUT2D eigenvalue weighted by atomic mass is 16.6. The monoisotopic (exact) mass is 279 g/mol. The number of ether oxygens (including phenoxy) is 1. The molecule has 3 rings (SSSR count). The van der Waals surface area contributed by atoms with Crippen LogP contribution >= 0.6 is 0 Å². The van der Waals surface area contributed by atoms with E-state index in [2.05, 4.69) is 32.9 Å². The Hall–Kier alpha value is -0.380. The molecule has 3 heteroatoms. The summed E-state index contributed by atoms with van der Waals surface area (Å²) >= 11 is 0. The lowest BCUT2D eigenvalue weighted by atomic mass is 9.68. The van der Waals surface area contributed by atoms with Crippen molar-refractivity contribution in [3.05, 3.63) is 12.2 Å². The molecule has 0 aromatic heterocycles. The van der Waals surface area contributed by atoms with E-state index in [0.717, 1.165) is 19.3 Å². The molecule has 3 nitrogen and oxygen atoms in total. The Balaban J connectivity index is 1.65. The summed E-state index contributed by atoms with van der Waals surface area (Å²) in [4.78, 5) is 0. The van der Waals surface area contributed by atoms with E-state index in [0.29, 0.717) is 23.7 Å². The van der Waals surface area contributed by atoms with Gasteiger partial charge < -0.3 is 15.6 Å². The van der Waals surface area contributed by atoms with Crippen LogP contribution in [0.15, 0.2) is 12.2 Å². The van der Waals surface area contributed by atoms with Crippen molar-refractivity contribution in [3.63, 3.8) is 0 Å². The smallest absolute Gasteiger partial charge is 0.158 e.